The third kappa shape index (κ3) is 5.76. The number of hydrogen-bond acceptors (Lipinski definition) is 5. The number of hydrogen-bond donors (Lipinski definition) is 1. The molecular formula is C21H19BrN2O3S2. The van der Waals surface area contributed by atoms with Gasteiger partial charge in [0.2, 0.25) is 5.91 Å². The molecule has 0 unspecified atom stereocenters. The van der Waals surface area contributed by atoms with Crippen molar-refractivity contribution in [2.75, 3.05) is 19.7 Å². The number of aliphatic hydroxyl groups excluding tert-OH is 1. The summed E-state index contributed by atoms with van der Waals surface area (Å²) in [5.74, 6) is -0.542. The molecule has 2 amide bonds. The van der Waals surface area contributed by atoms with E-state index in [1.54, 1.807) is 6.08 Å². The van der Waals surface area contributed by atoms with Crippen molar-refractivity contribution < 1.29 is 14.7 Å². The average molecular weight is 491 g/mol. The van der Waals surface area contributed by atoms with E-state index in [4.69, 9.17) is 12.2 Å². The van der Waals surface area contributed by atoms with Crippen LogP contribution in [-0.2, 0) is 16.1 Å². The minimum atomic E-state index is -0.281. The van der Waals surface area contributed by atoms with Gasteiger partial charge < -0.3 is 10.0 Å². The van der Waals surface area contributed by atoms with Gasteiger partial charge in [-0.2, -0.15) is 0 Å². The first kappa shape index (κ1) is 21.7. The van der Waals surface area contributed by atoms with Gasteiger partial charge in [-0.3, -0.25) is 14.5 Å². The number of carbonyl (C=O) groups is 2. The summed E-state index contributed by atoms with van der Waals surface area (Å²) in [6.07, 6.45) is 1.77. The van der Waals surface area contributed by atoms with Crippen LogP contribution in [0.15, 0.2) is 64.0 Å². The maximum Gasteiger partial charge on any atom is 0.266 e. The van der Waals surface area contributed by atoms with E-state index in [9.17, 15) is 14.7 Å². The maximum absolute atomic E-state index is 12.8. The topological polar surface area (TPSA) is 60.9 Å². The summed E-state index contributed by atoms with van der Waals surface area (Å²) in [6.45, 7) is 0.256. The van der Waals surface area contributed by atoms with Crippen LogP contribution in [0.3, 0.4) is 0 Å². The normalized spacial score (nSPS) is 15.2. The zero-order valence-corrected chi connectivity index (χ0v) is 18.7. The summed E-state index contributed by atoms with van der Waals surface area (Å²) in [4.78, 5) is 29.0. The van der Waals surface area contributed by atoms with Gasteiger partial charge in [0.25, 0.3) is 5.91 Å². The molecule has 1 saturated heterocycles. The van der Waals surface area contributed by atoms with E-state index < -0.39 is 0 Å². The van der Waals surface area contributed by atoms with Gasteiger partial charge in [0.1, 0.15) is 10.9 Å². The number of nitrogens with zero attached hydrogens (tertiary/aromatic N) is 2. The van der Waals surface area contributed by atoms with Crippen LogP contribution in [0.4, 0.5) is 0 Å². The van der Waals surface area contributed by atoms with E-state index in [-0.39, 0.29) is 31.5 Å². The monoisotopic (exact) mass is 490 g/mol. The molecule has 0 bridgehead atoms. The third-order valence-corrected chi connectivity index (χ3v) is 6.12. The van der Waals surface area contributed by atoms with E-state index in [1.807, 2.05) is 54.6 Å². The quantitative estimate of drug-likeness (QED) is 0.473. The zero-order chi connectivity index (χ0) is 20.8. The highest BCUT2D eigenvalue weighted by atomic mass is 79.9. The van der Waals surface area contributed by atoms with Crippen LogP contribution in [0.1, 0.15) is 11.1 Å². The third-order valence-electron chi connectivity index (χ3n) is 4.25. The van der Waals surface area contributed by atoms with Crippen LogP contribution < -0.4 is 0 Å². The molecule has 0 aliphatic carbocycles. The van der Waals surface area contributed by atoms with Crippen LogP contribution in [-0.4, -0.2) is 50.7 Å². The molecule has 1 heterocycles. The Morgan fingerprint density at radius 2 is 1.97 bits per heavy atom. The summed E-state index contributed by atoms with van der Waals surface area (Å²) >= 11 is 9.93. The fourth-order valence-corrected chi connectivity index (χ4v) is 4.51. The van der Waals surface area contributed by atoms with Gasteiger partial charge in [0.15, 0.2) is 0 Å². The highest BCUT2D eigenvalue weighted by Crippen LogP contribution is 2.32. The van der Waals surface area contributed by atoms with Crippen molar-refractivity contribution in [3.05, 3.63) is 75.1 Å². The summed E-state index contributed by atoms with van der Waals surface area (Å²) in [5, 5.41) is 9.34. The molecule has 0 saturated carbocycles. The molecule has 2 aromatic rings. The van der Waals surface area contributed by atoms with Crippen molar-refractivity contribution in [3.8, 4) is 0 Å². The Labute approximate surface area is 187 Å². The molecular weight excluding hydrogens is 472 g/mol. The molecule has 5 nitrogen and oxygen atoms in total. The lowest BCUT2D eigenvalue weighted by atomic mass is 10.2. The van der Waals surface area contributed by atoms with Gasteiger partial charge in [0.05, 0.1) is 11.5 Å². The zero-order valence-electron chi connectivity index (χ0n) is 15.5. The molecule has 2 aromatic carbocycles. The second-order valence-electron chi connectivity index (χ2n) is 6.35. The van der Waals surface area contributed by atoms with Crippen LogP contribution in [0.5, 0.6) is 0 Å². The minimum absolute atomic E-state index is 0.146. The molecule has 29 heavy (non-hydrogen) atoms. The number of thioether (sulfide) groups is 1. The second-order valence-corrected chi connectivity index (χ2v) is 8.94. The van der Waals surface area contributed by atoms with Crippen molar-refractivity contribution in [1.29, 1.82) is 0 Å². The van der Waals surface area contributed by atoms with Gasteiger partial charge in [0, 0.05) is 17.6 Å². The Bertz CT molecular complexity index is 950. The molecule has 1 fully saturated rings. The number of halogens is 1. The second kappa shape index (κ2) is 10.2. The van der Waals surface area contributed by atoms with Gasteiger partial charge in [-0.25, -0.2) is 0 Å². The number of amides is 2. The summed E-state index contributed by atoms with van der Waals surface area (Å²) in [5.41, 5.74) is 1.83. The van der Waals surface area contributed by atoms with E-state index in [2.05, 4.69) is 15.9 Å². The summed E-state index contributed by atoms with van der Waals surface area (Å²) in [6, 6.07) is 17.1. The van der Waals surface area contributed by atoms with Crippen molar-refractivity contribution in [2.24, 2.45) is 0 Å². The molecule has 1 N–H and O–H groups in total. The Morgan fingerprint density at radius 1 is 1.21 bits per heavy atom. The predicted octanol–water partition coefficient (Wildman–Crippen LogP) is 3.67. The lowest BCUT2D eigenvalue weighted by molar-refractivity contribution is -0.136. The number of thiocarbonyl (C=S) groups is 1. The van der Waals surface area contributed by atoms with Crippen molar-refractivity contribution in [1.82, 2.24) is 9.80 Å². The molecule has 0 atom stereocenters. The van der Waals surface area contributed by atoms with Crippen molar-refractivity contribution >= 4 is 62.1 Å². The molecule has 0 radical (unpaired) electrons. The van der Waals surface area contributed by atoms with Gasteiger partial charge in [-0.15, -0.1) is 0 Å². The standard InChI is InChI=1S/C21H19BrN2O3S2/c22-17-8-4-7-16(11-17)12-18-20(27)24(21(28)29-18)14-19(26)23(9-10-25)13-15-5-2-1-3-6-15/h1-8,11-12,25H,9-10,13-14H2/b18-12-. The van der Waals surface area contributed by atoms with Crippen molar-refractivity contribution in [2.45, 2.75) is 6.54 Å². The Morgan fingerprint density at radius 3 is 2.66 bits per heavy atom. The first-order valence-corrected chi connectivity index (χ1v) is 10.9. The highest BCUT2D eigenvalue weighted by Gasteiger charge is 2.34. The summed E-state index contributed by atoms with van der Waals surface area (Å²) < 4.78 is 1.27. The van der Waals surface area contributed by atoms with Crippen LogP contribution in [0.25, 0.3) is 6.08 Å². The number of rotatable bonds is 7. The number of carbonyl (C=O) groups excluding carboxylic acids is 2. The van der Waals surface area contributed by atoms with Gasteiger partial charge in [-0.1, -0.05) is 82.4 Å². The number of benzene rings is 2. The predicted molar refractivity (Wildman–Crippen MR) is 123 cm³/mol. The molecule has 0 aromatic heterocycles. The highest BCUT2D eigenvalue weighted by molar-refractivity contribution is 9.10. The van der Waals surface area contributed by atoms with Crippen LogP contribution in [0.2, 0.25) is 0 Å². The van der Waals surface area contributed by atoms with E-state index >= 15 is 0 Å². The SMILES string of the molecule is O=C(CN1C(=O)/C(=C/c2cccc(Br)c2)SC1=S)N(CCO)Cc1ccccc1. The maximum atomic E-state index is 12.8. The Kier molecular flexibility index (Phi) is 7.60. The molecule has 1 aliphatic rings. The Hall–Kier alpha value is -2.00. The van der Waals surface area contributed by atoms with Gasteiger partial charge in [-0.05, 0) is 29.3 Å². The first-order valence-electron chi connectivity index (χ1n) is 8.91. The lowest BCUT2D eigenvalue weighted by Gasteiger charge is -2.24. The molecule has 8 heteroatoms. The van der Waals surface area contributed by atoms with Crippen LogP contribution >= 0.6 is 39.9 Å². The fraction of sp³-hybridized carbons (Fsp3) is 0.190. The first-order chi connectivity index (χ1) is 14.0. The number of aliphatic hydroxyl groups is 1. The summed E-state index contributed by atoms with van der Waals surface area (Å²) in [7, 11) is 0. The van der Waals surface area contributed by atoms with Crippen molar-refractivity contribution in [3.63, 3.8) is 0 Å². The fourth-order valence-electron chi connectivity index (χ4n) is 2.84. The van der Waals surface area contributed by atoms with E-state index in [1.165, 1.54) is 21.6 Å². The largest absolute Gasteiger partial charge is 0.395 e. The average Bonchev–Trinajstić information content (AvgIpc) is 2.96. The van der Waals surface area contributed by atoms with Crippen LogP contribution in [0, 0.1) is 0 Å². The lowest BCUT2D eigenvalue weighted by Crippen LogP contribution is -2.42. The van der Waals surface area contributed by atoms with E-state index in [0.29, 0.717) is 15.8 Å². The minimum Gasteiger partial charge on any atom is -0.395 e. The van der Waals surface area contributed by atoms with Gasteiger partial charge >= 0.3 is 0 Å². The molecule has 3 rings (SSSR count). The molecule has 150 valence electrons. The molecule has 1 aliphatic heterocycles. The molecule has 0 spiro atoms. The smallest absolute Gasteiger partial charge is 0.266 e. The Balaban J connectivity index is 1.71. The van der Waals surface area contributed by atoms with E-state index in [0.717, 1.165) is 15.6 Å².